The number of thiophene rings is 1. The summed E-state index contributed by atoms with van der Waals surface area (Å²) >= 11 is 1.55. The second kappa shape index (κ2) is 9.97. The predicted molar refractivity (Wildman–Crippen MR) is 125 cm³/mol. The molecule has 0 spiro atoms. The molecule has 3 aromatic rings. The Morgan fingerprint density at radius 2 is 1.88 bits per heavy atom. The lowest BCUT2D eigenvalue weighted by molar-refractivity contribution is -0.119. The molecule has 1 aliphatic rings. The number of carbonyl (C=O) groups is 2. The van der Waals surface area contributed by atoms with Gasteiger partial charge in [0, 0.05) is 29.8 Å². The van der Waals surface area contributed by atoms with Crippen LogP contribution >= 0.6 is 11.3 Å². The largest absolute Gasteiger partial charge is 0.494 e. The molecule has 2 amide bonds. The second-order valence-electron chi connectivity index (χ2n) is 7.46. The molecule has 7 heteroatoms. The van der Waals surface area contributed by atoms with Gasteiger partial charge in [-0.2, -0.15) is 0 Å². The third-order valence-electron chi connectivity index (χ3n) is 5.52. The zero-order valence-electron chi connectivity index (χ0n) is 18.1. The number of anilines is 1. The van der Waals surface area contributed by atoms with Gasteiger partial charge in [-0.05, 0) is 54.3 Å². The number of nitrogens with zero attached hydrogens (tertiary/aromatic N) is 1. The third kappa shape index (κ3) is 4.40. The first kappa shape index (κ1) is 22.0. The zero-order valence-corrected chi connectivity index (χ0v) is 18.9. The summed E-state index contributed by atoms with van der Waals surface area (Å²) in [6.07, 6.45) is 0. The van der Waals surface area contributed by atoms with E-state index in [0.717, 1.165) is 16.2 Å². The first-order chi connectivity index (χ1) is 15.6. The molecule has 1 aromatic heterocycles. The number of hydrogen-bond acceptors (Lipinski definition) is 5. The van der Waals surface area contributed by atoms with Crippen LogP contribution < -0.4 is 10.1 Å². The van der Waals surface area contributed by atoms with Crippen LogP contribution in [0.3, 0.4) is 0 Å². The number of fused-ring (bicyclic) bond motifs is 1. The summed E-state index contributed by atoms with van der Waals surface area (Å²) in [5.41, 5.74) is 1.98. The van der Waals surface area contributed by atoms with Gasteiger partial charge in [-0.25, -0.2) is 0 Å². The van der Waals surface area contributed by atoms with E-state index in [-0.39, 0.29) is 11.8 Å². The Morgan fingerprint density at radius 1 is 1.09 bits per heavy atom. The van der Waals surface area contributed by atoms with Crippen LogP contribution in [-0.4, -0.2) is 43.6 Å². The third-order valence-corrected chi connectivity index (χ3v) is 6.47. The Labute approximate surface area is 191 Å². The van der Waals surface area contributed by atoms with Gasteiger partial charge in [-0.1, -0.05) is 24.3 Å². The Morgan fingerprint density at radius 3 is 2.56 bits per heavy atom. The van der Waals surface area contributed by atoms with Crippen LogP contribution in [0.2, 0.25) is 0 Å². The van der Waals surface area contributed by atoms with Gasteiger partial charge in [0.2, 0.25) is 5.91 Å². The molecular formula is C25H26N2O4S. The number of carbonyl (C=O) groups excluding carboxylic acids is 2. The molecule has 166 valence electrons. The highest BCUT2D eigenvalue weighted by atomic mass is 32.1. The fourth-order valence-electron chi connectivity index (χ4n) is 4.11. The average molecular weight is 451 g/mol. The Kier molecular flexibility index (Phi) is 6.87. The first-order valence-electron chi connectivity index (χ1n) is 10.6. The van der Waals surface area contributed by atoms with Crippen molar-refractivity contribution < 1.29 is 19.1 Å². The van der Waals surface area contributed by atoms with E-state index in [1.54, 1.807) is 29.4 Å². The molecule has 32 heavy (non-hydrogen) atoms. The van der Waals surface area contributed by atoms with Gasteiger partial charge in [0.25, 0.3) is 5.91 Å². The molecule has 0 fully saturated rings. The lowest BCUT2D eigenvalue weighted by Crippen LogP contribution is -2.47. The first-order valence-corrected chi connectivity index (χ1v) is 11.5. The van der Waals surface area contributed by atoms with Crippen molar-refractivity contribution in [3.63, 3.8) is 0 Å². The molecule has 0 bridgehead atoms. The second-order valence-corrected chi connectivity index (χ2v) is 8.44. The monoisotopic (exact) mass is 450 g/mol. The van der Waals surface area contributed by atoms with Crippen LogP contribution in [0, 0.1) is 0 Å². The van der Waals surface area contributed by atoms with Crippen LogP contribution in [0.5, 0.6) is 5.75 Å². The van der Waals surface area contributed by atoms with Crippen molar-refractivity contribution in [2.24, 2.45) is 0 Å². The van der Waals surface area contributed by atoms with Crippen molar-refractivity contribution in [1.82, 2.24) is 4.90 Å². The normalized spacial score (nSPS) is 17.7. The van der Waals surface area contributed by atoms with Gasteiger partial charge >= 0.3 is 0 Å². The SMILES string of the molecule is CCOc1ccc(NC(=O)[C@@H]2c3ccccc3C(=O)N(CCOC)[C@@H]2c2cccs2)cc1. The quantitative estimate of drug-likeness (QED) is 0.540. The molecule has 4 rings (SSSR count). The molecule has 2 heterocycles. The van der Waals surface area contributed by atoms with Crippen molar-refractivity contribution in [3.05, 3.63) is 82.0 Å². The topological polar surface area (TPSA) is 67.9 Å². The fraction of sp³-hybridized carbons (Fsp3) is 0.280. The van der Waals surface area contributed by atoms with Crippen LogP contribution in [0.25, 0.3) is 0 Å². The average Bonchev–Trinajstić information content (AvgIpc) is 3.34. The minimum absolute atomic E-state index is 0.0823. The van der Waals surface area contributed by atoms with E-state index in [1.807, 2.05) is 66.9 Å². The maximum Gasteiger partial charge on any atom is 0.254 e. The molecule has 1 aliphatic heterocycles. The molecule has 2 atom stereocenters. The lowest BCUT2D eigenvalue weighted by Gasteiger charge is -2.41. The van der Waals surface area contributed by atoms with Crippen molar-refractivity contribution in [1.29, 1.82) is 0 Å². The van der Waals surface area contributed by atoms with Gasteiger partial charge in [-0.3, -0.25) is 9.59 Å². The van der Waals surface area contributed by atoms with Gasteiger partial charge in [0.15, 0.2) is 0 Å². The minimum Gasteiger partial charge on any atom is -0.494 e. The lowest BCUT2D eigenvalue weighted by atomic mass is 9.81. The van der Waals surface area contributed by atoms with Gasteiger partial charge in [-0.15, -0.1) is 11.3 Å². The van der Waals surface area contributed by atoms with E-state index >= 15 is 0 Å². The molecule has 0 radical (unpaired) electrons. The highest BCUT2D eigenvalue weighted by Crippen LogP contribution is 2.44. The summed E-state index contributed by atoms with van der Waals surface area (Å²) < 4.78 is 10.8. The molecule has 2 aromatic carbocycles. The van der Waals surface area contributed by atoms with Crippen molar-refractivity contribution in [2.75, 3.05) is 32.2 Å². The Balaban J connectivity index is 1.72. The van der Waals surface area contributed by atoms with E-state index in [4.69, 9.17) is 9.47 Å². The molecule has 6 nitrogen and oxygen atoms in total. The van der Waals surface area contributed by atoms with Crippen LogP contribution in [0.15, 0.2) is 66.0 Å². The molecule has 0 aliphatic carbocycles. The van der Waals surface area contributed by atoms with Crippen molar-refractivity contribution in [2.45, 2.75) is 18.9 Å². The molecule has 0 saturated heterocycles. The minimum atomic E-state index is -0.550. The molecular weight excluding hydrogens is 424 g/mol. The fourth-order valence-corrected chi connectivity index (χ4v) is 4.98. The summed E-state index contributed by atoms with van der Waals surface area (Å²) in [5.74, 6) is -0.0385. The number of hydrogen-bond donors (Lipinski definition) is 1. The number of methoxy groups -OCH3 is 1. The van der Waals surface area contributed by atoms with Crippen LogP contribution in [0.1, 0.15) is 39.7 Å². The number of ether oxygens (including phenoxy) is 2. The van der Waals surface area contributed by atoms with Crippen molar-refractivity contribution >= 4 is 28.8 Å². The maximum absolute atomic E-state index is 13.7. The highest BCUT2D eigenvalue weighted by Gasteiger charge is 2.44. The predicted octanol–water partition coefficient (Wildman–Crippen LogP) is 4.71. The van der Waals surface area contributed by atoms with Gasteiger partial charge in [0.1, 0.15) is 5.75 Å². The molecule has 0 saturated carbocycles. The zero-order chi connectivity index (χ0) is 22.5. The molecule has 0 unspecified atom stereocenters. The highest BCUT2D eigenvalue weighted by molar-refractivity contribution is 7.10. The Hall–Kier alpha value is -3.16. The van der Waals surface area contributed by atoms with Crippen LogP contribution in [-0.2, 0) is 9.53 Å². The number of benzene rings is 2. The maximum atomic E-state index is 13.7. The summed E-state index contributed by atoms with van der Waals surface area (Å²) in [5, 5.41) is 5.01. The number of nitrogens with one attached hydrogen (secondary N) is 1. The van der Waals surface area contributed by atoms with Gasteiger partial charge < -0.3 is 19.7 Å². The van der Waals surface area contributed by atoms with E-state index in [0.29, 0.717) is 31.0 Å². The standard InChI is InChI=1S/C25H26N2O4S/c1-3-31-18-12-10-17(11-13-18)26-24(28)22-19-7-4-5-8-20(19)25(29)27(14-15-30-2)23(22)21-9-6-16-32-21/h4-13,16,22-23H,3,14-15H2,1-2H3,(H,26,28)/t22-,23-/m1/s1. The number of amides is 2. The van der Waals surface area contributed by atoms with E-state index in [1.165, 1.54) is 0 Å². The molecule has 1 N–H and O–H groups in total. The van der Waals surface area contributed by atoms with E-state index in [9.17, 15) is 9.59 Å². The van der Waals surface area contributed by atoms with Crippen LogP contribution in [0.4, 0.5) is 5.69 Å². The van der Waals surface area contributed by atoms with E-state index in [2.05, 4.69) is 5.32 Å². The summed E-state index contributed by atoms with van der Waals surface area (Å²) in [7, 11) is 1.61. The van der Waals surface area contributed by atoms with Crippen molar-refractivity contribution in [3.8, 4) is 5.75 Å². The summed E-state index contributed by atoms with van der Waals surface area (Å²) in [6, 6.07) is 18.2. The smallest absolute Gasteiger partial charge is 0.254 e. The Bertz CT molecular complexity index is 1070. The number of rotatable bonds is 8. The van der Waals surface area contributed by atoms with E-state index < -0.39 is 12.0 Å². The summed E-state index contributed by atoms with van der Waals surface area (Å²) in [4.78, 5) is 29.8. The summed E-state index contributed by atoms with van der Waals surface area (Å²) in [6.45, 7) is 3.30. The van der Waals surface area contributed by atoms with Gasteiger partial charge in [0.05, 0.1) is 25.2 Å².